The van der Waals surface area contributed by atoms with Gasteiger partial charge in [0.25, 0.3) is 5.91 Å². The van der Waals surface area contributed by atoms with Crippen LogP contribution in [0, 0.1) is 6.92 Å². The Kier molecular flexibility index (Phi) is 3.81. The number of aryl methyl sites for hydroxylation is 1. The maximum absolute atomic E-state index is 12.1. The first-order chi connectivity index (χ1) is 9.27. The molecule has 0 bridgehead atoms. The molecule has 1 aromatic carbocycles. The SMILES string of the molecule is Cc1ccc(Cl)cc1NC(=O)c1n[nH]c(C(C)(C)C)n1. The van der Waals surface area contributed by atoms with Gasteiger partial charge in [0.05, 0.1) is 0 Å². The average molecular weight is 293 g/mol. The maximum Gasteiger partial charge on any atom is 0.295 e. The molecule has 2 N–H and O–H groups in total. The Labute approximate surface area is 122 Å². The molecule has 1 heterocycles. The Morgan fingerprint density at radius 2 is 2.05 bits per heavy atom. The van der Waals surface area contributed by atoms with Crippen molar-refractivity contribution in [3.8, 4) is 0 Å². The number of benzene rings is 1. The van der Waals surface area contributed by atoms with Crippen molar-refractivity contribution in [3.05, 3.63) is 40.4 Å². The van der Waals surface area contributed by atoms with Gasteiger partial charge in [0.1, 0.15) is 5.82 Å². The average Bonchev–Trinajstić information content (AvgIpc) is 2.83. The van der Waals surface area contributed by atoms with Crippen molar-refractivity contribution in [2.45, 2.75) is 33.1 Å². The summed E-state index contributed by atoms with van der Waals surface area (Å²) in [6, 6.07) is 5.32. The molecule has 0 fully saturated rings. The zero-order valence-electron chi connectivity index (χ0n) is 11.9. The van der Waals surface area contributed by atoms with Gasteiger partial charge in [-0.2, -0.15) is 0 Å². The molecule has 0 atom stereocenters. The summed E-state index contributed by atoms with van der Waals surface area (Å²) < 4.78 is 0. The molecule has 5 nitrogen and oxygen atoms in total. The van der Waals surface area contributed by atoms with Crippen LogP contribution in [0.3, 0.4) is 0 Å². The second kappa shape index (κ2) is 5.25. The predicted octanol–water partition coefficient (Wildman–Crippen LogP) is 3.32. The lowest BCUT2D eigenvalue weighted by Gasteiger charge is -2.12. The third-order valence-electron chi connectivity index (χ3n) is 2.85. The van der Waals surface area contributed by atoms with Crippen molar-refractivity contribution in [2.75, 3.05) is 5.32 Å². The molecular formula is C14H17ClN4O. The van der Waals surface area contributed by atoms with Gasteiger partial charge in [-0.1, -0.05) is 38.4 Å². The summed E-state index contributed by atoms with van der Waals surface area (Å²) in [5, 5.41) is 10.1. The van der Waals surface area contributed by atoms with E-state index in [9.17, 15) is 4.79 Å². The zero-order valence-corrected chi connectivity index (χ0v) is 12.7. The number of H-pyrrole nitrogens is 1. The highest BCUT2D eigenvalue weighted by Crippen LogP contribution is 2.21. The van der Waals surface area contributed by atoms with Crippen LogP contribution in [-0.2, 0) is 5.41 Å². The number of anilines is 1. The number of nitrogens with zero attached hydrogens (tertiary/aromatic N) is 2. The molecule has 0 aliphatic heterocycles. The summed E-state index contributed by atoms with van der Waals surface area (Å²) in [4.78, 5) is 16.3. The van der Waals surface area contributed by atoms with E-state index in [-0.39, 0.29) is 17.1 Å². The molecule has 0 saturated heterocycles. The van der Waals surface area contributed by atoms with Crippen LogP contribution in [0.5, 0.6) is 0 Å². The molecule has 2 rings (SSSR count). The number of halogens is 1. The number of rotatable bonds is 2. The van der Waals surface area contributed by atoms with Gasteiger partial charge in [-0.15, -0.1) is 5.10 Å². The summed E-state index contributed by atoms with van der Waals surface area (Å²) in [6.07, 6.45) is 0. The van der Waals surface area contributed by atoms with Gasteiger partial charge in [-0.25, -0.2) is 4.98 Å². The van der Waals surface area contributed by atoms with Gasteiger partial charge in [0.2, 0.25) is 5.82 Å². The van der Waals surface area contributed by atoms with E-state index in [2.05, 4.69) is 20.5 Å². The summed E-state index contributed by atoms with van der Waals surface area (Å²) in [6.45, 7) is 7.88. The Balaban J connectivity index is 2.20. The fourth-order valence-electron chi connectivity index (χ4n) is 1.61. The highest BCUT2D eigenvalue weighted by molar-refractivity contribution is 6.31. The van der Waals surface area contributed by atoms with Crippen LogP contribution >= 0.6 is 11.6 Å². The second-order valence-electron chi connectivity index (χ2n) is 5.67. The van der Waals surface area contributed by atoms with E-state index in [1.165, 1.54) is 0 Å². The lowest BCUT2D eigenvalue weighted by atomic mass is 9.96. The number of carbonyl (C=O) groups is 1. The molecular weight excluding hydrogens is 276 g/mol. The summed E-state index contributed by atoms with van der Waals surface area (Å²) in [7, 11) is 0. The summed E-state index contributed by atoms with van der Waals surface area (Å²) in [5.41, 5.74) is 1.40. The third-order valence-corrected chi connectivity index (χ3v) is 3.08. The second-order valence-corrected chi connectivity index (χ2v) is 6.11. The largest absolute Gasteiger partial charge is 0.319 e. The molecule has 6 heteroatoms. The van der Waals surface area contributed by atoms with Gasteiger partial charge >= 0.3 is 0 Å². The van der Waals surface area contributed by atoms with Crippen LogP contribution in [0.25, 0.3) is 0 Å². The molecule has 2 aromatic rings. The molecule has 0 unspecified atom stereocenters. The minimum Gasteiger partial charge on any atom is -0.319 e. The van der Waals surface area contributed by atoms with Crippen molar-refractivity contribution < 1.29 is 4.79 Å². The van der Waals surface area contributed by atoms with Gasteiger partial charge in [-0.3, -0.25) is 9.89 Å². The van der Waals surface area contributed by atoms with E-state index >= 15 is 0 Å². The summed E-state index contributed by atoms with van der Waals surface area (Å²) >= 11 is 5.92. The monoisotopic (exact) mass is 292 g/mol. The highest BCUT2D eigenvalue weighted by Gasteiger charge is 2.21. The fraction of sp³-hybridized carbons (Fsp3) is 0.357. The van der Waals surface area contributed by atoms with Crippen LogP contribution < -0.4 is 5.32 Å². The molecule has 0 aliphatic carbocycles. The normalized spacial score (nSPS) is 11.4. The lowest BCUT2D eigenvalue weighted by Crippen LogP contribution is -2.16. The smallest absolute Gasteiger partial charge is 0.295 e. The van der Waals surface area contributed by atoms with Crippen molar-refractivity contribution in [1.82, 2.24) is 15.2 Å². The first kappa shape index (κ1) is 14.5. The number of hydrogen-bond donors (Lipinski definition) is 2. The Hall–Kier alpha value is -1.88. The molecule has 106 valence electrons. The molecule has 1 aromatic heterocycles. The van der Waals surface area contributed by atoms with Gasteiger partial charge in [-0.05, 0) is 24.6 Å². The van der Waals surface area contributed by atoms with Crippen molar-refractivity contribution in [3.63, 3.8) is 0 Å². The van der Waals surface area contributed by atoms with Gasteiger partial charge < -0.3 is 5.32 Å². The standard InChI is InChI=1S/C14H17ClN4O/c1-8-5-6-9(15)7-10(8)16-12(20)11-17-13(19-18-11)14(2,3)4/h5-7H,1-4H3,(H,16,20)(H,17,18,19). The van der Waals surface area contributed by atoms with E-state index in [0.717, 1.165) is 5.56 Å². The number of amides is 1. The van der Waals surface area contributed by atoms with Gasteiger partial charge in [0, 0.05) is 16.1 Å². The fourth-order valence-corrected chi connectivity index (χ4v) is 1.78. The van der Waals surface area contributed by atoms with Crippen LogP contribution in [0.1, 0.15) is 42.8 Å². The van der Waals surface area contributed by atoms with Crippen LogP contribution in [0.2, 0.25) is 5.02 Å². The number of aromatic amines is 1. The Morgan fingerprint density at radius 3 is 2.65 bits per heavy atom. The number of aromatic nitrogens is 3. The van der Waals surface area contributed by atoms with E-state index in [1.54, 1.807) is 12.1 Å². The highest BCUT2D eigenvalue weighted by atomic mass is 35.5. The molecule has 1 amide bonds. The van der Waals surface area contributed by atoms with Crippen molar-refractivity contribution in [2.24, 2.45) is 0 Å². The van der Waals surface area contributed by atoms with E-state index < -0.39 is 0 Å². The first-order valence-corrected chi connectivity index (χ1v) is 6.65. The zero-order chi connectivity index (χ0) is 14.9. The molecule has 0 spiro atoms. The predicted molar refractivity (Wildman–Crippen MR) is 79.2 cm³/mol. The van der Waals surface area contributed by atoms with Crippen LogP contribution in [-0.4, -0.2) is 21.1 Å². The molecule has 0 radical (unpaired) electrons. The molecule has 0 saturated carbocycles. The van der Waals surface area contributed by atoms with E-state index in [0.29, 0.717) is 16.5 Å². The van der Waals surface area contributed by atoms with E-state index in [4.69, 9.17) is 11.6 Å². The van der Waals surface area contributed by atoms with Crippen molar-refractivity contribution >= 4 is 23.2 Å². The Morgan fingerprint density at radius 1 is 1.35 bits per heavy atom. The van der Waals surface area contributed by atoms with E-state index in [1.807, 2.05) is 33.8 Å². The van der Waals surface area contributed by atoms with Crippen LogP contribution in [0.4, 0.5) is 5.69 Å². The number of carbonyl (C=O) groups excluding carboxylic acids is 1. The third kappa shape index (κ3) is 3.17. The lowest BCUT2D eigenvalue weighted by molar-refractivity contribution is 0.101. The topological polar surface area (TPSA) is 70.7 Å². The molecule has 0 aliphatic rings. The van der Waals surface area contributed by atoms with Crippen LogP contribution in [0.15, 0.2) is 18.2 Å². The number of hydrogen-bond acceptors (Lipinski definition) is 3. The quantitative estimate of drug-likeness (QED) is 0.892. The minimum absolute atomic E-state index is 0.120. The van der Waals surface area contributed by atoms with Crippen molar-refractivity contribution in [1.29, 1.82) is 0 Å². The Bertz CT molecular complexity index is 643. The van der Waals surface area contributed by atoms with Gasteiger partial charge in [0.15, 0.2) is 0 Å². The number of nitrogens with one attached hydrogen (secondary N) is 2. The maximum atomic E-state index is 12.1. The molecule has 20 heavy (non-hydrogen) atoms. The summed E-state index contributed by atoms with van der Waals surface area (Å²) in [5.74, 6) is 0.432. The first-order valence-electron chi connectivity index (χ1n) is 6.28. The minimum atomic E-state index is -0.359.